The van der Waals surface area contributed by atoms with Gasteiger partial charge < -0.3 is 19.7 Å². The van der Waals surface area contributed by atoms with E-state index >= 15 is 0 Å². The summed E-state index contributed by atoms with van der Waals surface area (Å²) in [6, 6.07) is 0. The minimum absolute atomic E-state index is 0.129. The van der Waals surface area contributed by atoms with Crippen LogP contribution in [0.1, 0.15) is 6.92 Å². The summed E-state index contributed by atoms with van der Waals surface area (Å²) in [5, 5.41) is 17.8. The third-order valence-electron chi connectivity index (χ3n) is 1.36. The van der Waals surface area contributed by atoms with Crippen molar-refractivity contribution in [3.05, 3.63) is 0 Å². The Labute approximate surface area is 77.9 Å². The van der Waals surface area contributed by atoms with Crippen molar-refractivity contribution in [3.63, 3.8) is 0 Å². The Hall–Kier alpha value is 0.190. The van der Waals surface area contributed by atoms with Crippen LogP contribution in [0.15, 0.2) is 0 Å². The molecule has 0 aromatic heterocycles. The fourth-order valence-electron chi connectivity index (χ4n) is 0.700. The first-order valence-electron chi connectivity index (χ1n) is 3.73. The van der Waals surface area contributed by atoms with Gasteiger partial charge in [0.1, 0.15) is 6.10 Å². The summed E-state index contributed by atoms with van der Waals surface area (Å²) < 4.78 is 9.99. The van der Waals surface area contributed by atoms with Gasteiger partial charge in [-0.05, 0) is 6.92 Å². The van der Waals surface area contributed by atoms with Crippen molar-refractivity contribution in [1.82, 2.24) is 0 Å². The monoisotopic (exact) mass is 196 g/mol. The van der Waals surface area contributed by atoms with Crippen molar-refractivity contribution < 1.29 is 19.7 Å². The minimum atomic E-state index is -0.719. The summed E-state index contributed by atoms with van der Waals surface area (Å²) in [6.07, 6.45) is -1.81. The number of thiol groups is 1. The maximum atomic E-state index is 9.10. The van der Waals surface area contributed by atoms with Gasteiger partial charge in [-0.1, -0.05) is 0 Å². The van der Waals surface area contributed by atoms with Crippen LogP contribution < -0.4 is 0 Å². The average Bonchev–Trinajstić information content (AvgIpc) is 2.06. The molecule has 0 saturated carbocycles. The van der Waals surface area contributed by atoms with Gasteiger partial charge in [-0.15, -0.1) is 0 Å². The zero-order valence-electron chi connectivity index (χ0n) is 7.30. The highest BCUT2D eigenvalue weighted by molar-refractivity contribution is 7.80. The Kier molecular flexibility index (Phi) is 6.78. The molecule has 0 amide bonds. The molecular weight excluding hydrogens is 180 g/mol. The molecule has 5 heteroatoms. The standard InChI is InChI=1S/C7H16O4S/c1-5(9)7(10-2)11-6(3-8)4-12/h5-9,12H,3-4H2,1-2H3/t5-,6+,7+/m1/s1. The van der Waals surface area contributed by atoms with Crippen molar-refractivity contribution in [1.29, 1.82) is 0 Å². The quantitative estimate of drug-likeness (QED) is 0.401. The lowest BCUT2D eigenvalue weighted by Gasteiger charge is -2.23. The first-order chi connectivity index (χ1) is 5.65. The van der Waals surface area contributed by atoms with E-state index in [9.17, 15) is 0 Å². The average molecular weight is 196 g/mol. The lowest BCUT2D eigenvalue weighted by Crippen LogP contribution is -2.35. The number of hydrogen-bond donors (Lipinski definition) is 3. The van der Waals surface area contributed by atoms with Crippen molar-refractivity contribution in [2.45, 2.75) is 25.4 Å². The van der Waals surface area contributed by atoms with E-state index in [-0.39, 0.29) is 6.61 Å². The van der Waals surface area contributed by atoms with Gasteiger partial charge in [0.05, 0.1) is 12.7 Å². The Morgan fingerprint density at radius 1 is 1.50 bits per heavy atom. The highest BCUT2D eigenvalue weighted by Gasteiger charge is 2.18. The van der Waals surface area contributed by atoms with Crippen molar-refractivity contribution in [3.8, 4) is 0 Å². The maximum absolute atomic E-state index is 9.10. The third-order valence-corrected chi connectivity index (χ3v) is 1.77. The number of rotatable bonds is 6. The first kappa shape index (κ1) is 12.2. The van der Waals surface area contributed by atoms with Crippen LogP contribution in [0, 0.1) is 0 Å². The zero-order chi connectivity index (χ0) is 9.56. The van der Waals surface area contributed by atoms with E-state index in [1.807, 2.05) is 0 Å². The van der Waals surface area contributed by atoms with Crippen LogP contribution in [0.4, 0.5) is 0 Å². The van der Waals surface area contributed by atoms with Gasteiger partial charge in [0, 0.05) is 12.9 Å². The van der Waals surface area contributed by atoms with Gasteiger partial charge in [-0.3, -0.25) is 0 Å². The van der Waals surface area contributed by atoms with Crippen LogP contribution in [-0.4, -0.2) is 48.2 Å². The highest BCUT2D eigenvalue weighted by atomic mass is 32.1. The molecule has 0 heterocycles. The van der Waals surface area contributed by atoms with Crippen LogP contribution >= 0.6 is 12.6 Å². The van der Waals surface area contributed by atoms with E-state index in [0.29, 0.717) is 5.75 Å². The molecule has 12 heavy (non-hydrogen) atoms. The molecule has 0 rings (SSSR count). The Balaban J connectivity index is 3.82. The summed E-state index contributed by atoms with van der Waals surface area (Å²) in [5.74, 6) is 0.392. The summed E-state index contributed by atoms with van der Waals surface area (Å²) in [6.45, 7) is 1.43. The van der Waals surface area contributed by atoms with E-state index in [1.54, 1.807) is 6.92 Å². The largest absolute Gasteiger partial charge is 0.394 e. The number of aliphatic hydroxyl groups is 2. The zero-order valence-corrected chi connectivity index (χ0v) is 8.20. The van der Waals surface area contributed by atoms with E-state index in [0.717, 1.165) is 0 Å². The van der Waals surface area contributed by atoms with E-state index in [2.05, 4.69) is 12.6 Å². The molecule has 74 valence electrons. The third kappa shape index (κ3) is 4.27. The molecule has 0 unspecified atom stereocenters. The van der Waals surface area contributed by atoms with Crippen LogP contribution in [0.3, 0.4) is 0 Å². The van der Waals surface area contributed by atoms with Gasteiger partial charge in [-0.2, -0.15) is 12.6 Å². The second-order valence-corrected chi connectivity index (χ2v) is 2.83. The Bertz CT molecular complexity index is 106. The van der Waals surface area contributed by atoms with Gasteiger partial charge in [-0.25, -0.2) is 0 Å². The van der Waals surface area contributed by atoms with Gasteiger partial charge in [0.25, 0.3) is 0 Å². The smallest absolute Gasteiger partial charge is 0.183 e. The molecule has 0 saturated heterocycles. The Morgan fingerprint density at radius 3 is 2.33 bits per heavy atom. The molecule has 0 aromatic rings. The summed E-state index contributed by atoms with van der Waals surface area (Å²) in [4.78, 5) is 0. The molecule has 4 nitrogen and oxygen atoms in total. The lowest BCUT2D eigenvalue weighted by atomic mass is 10.3. The van der Waals surface area contributed by atoms with Crippen LogP contribution in [0.25, 0.3) is 0 Å². The fraction of sp³-hybridized carbons (Fsp3) is 1.00. The molecule has 0 aromatic carbocycles. The number of aliphatic hydroxyl groups excluding tert-OH is 2. The van der Waals surface area contributed by atoms with E-state index in [4.69, 9.17) is 19.7 Å². The molecule has 2 N–H and O–H groups in total. The predicted octanol–water partition coefficient (Wildman–Crippen LogP) is -0.353. The fourth-order valence-corrected chi connectivity index (χ4v) is 0.901. The molecule has 3 atom stereocenters. The topological polar surface area (TPSA) is 58.9 Å². The summed E-state index contributed by atoms with van der Waals surface area (Å²) >= 11 is 3.96. The van der Waals surface area contributed by atoms with Crippen LogP contribution in [0.5, 0.6) is 0 Å². The first-order valence-corrected chi connectivity index (χ1v) is 4.37. The second kappa shape index (κ2) is 6.68. The second-order valence-electron chi connectivity index (χ2n) is 2.47. The SMILES string of the molecule is CO[C@@H](O[C@@H](CO)CS)[C@@H](C)O. The van der Waals surface area contributed by atoms with Crippen LogP contribution in [-0.2, 0) is 9.47 Å². The highest BCUT2D eigenvalue weighted by Crippen LogP contribution is 2.05. The predicted molar refractivity (Wildman–Crippen MR) is 48.3 cm³/mol. The van der Waals surface area contributed by atoms with Crippen LogP contribution in [0.2, 0.25) is 0 Å². The number of ether oxygens (including phenoxy) is 2. The molecular formula is C7H16O4S. The normalized spacial score (nSPS) is 18.8. The molecule has 0 radical (unpaired) electrons. The summed E-state index contributed by atoms with van der Waals surface area (Å²) in [5.41, 5.74) is 0. The van der Waals surface area contributed by atoms with Gasteiger partial charge >= 0.3 is 0 Å². The van der Waals surface area contributed by atoms with Crippen molar-refractivity contribution in [2.75, 3.05) is 19.5 Å². The maximum Gasteiger partial charge on any atom is 0.183 e. The van der Waals surface area contributed by atoms with Gasteiger partial charge in [0.15, 0.2) is 6.29 Å². The van der Waals surface area contributed by atoms with Crippen molar-refractivity contribution in [2.24, 2.45) is 0 Å². The number of methoxy groups -OCH3 is 1. The molecule has 0 aliphatic rings. The molecule has 0 aliphatic heterocycles. The summed E-state index contributed by atoms with van der Waals surface area (Å²) in [7, 11) is 1.43. The molecule has 0 bridgehead atoms. The molecule has 0 aliphatic carbocycles. The Morgan fingerprint density at radius 2 is 2.08 bits per heavy atom. The van der Waals surface area contributed by atoms with E-state index < -0.39 is 18.5 Å². The molecule has 0 spiro atoms. The lowest BCUT2D eigenvalue weighted by molar-refractivity contribution is -0.200. The molecule has 0 fully saturated rings. The number of hydrogen-bond acceptors (Lipinski definition) is 5. The van der Waals surface area contributed by atoms with Gasteiger partial charge in [0.2, 0.25) is 0 Å². The van der Waals surface area contributed by atoms with Crippen molar-refractivity contribution >= 4 is 12.6 Å². The minimum Gasteiger partial charge on any atom is -0.394 e. The van der Waals surface area contributed by atoms with E-state index in [1.165, 1.54) is 7.11 Å².